The Bertz CT molecular complexity index is 427. The molecule has 1 fully saturated rings. The molecule has 0 radical (unpaired) electrons. The van der Waals surface area contributed by atoms with Crippen LogP contribution in [0, 0.1) is 5.92 Å². The summed E-state index contributed by atoms with van der Waals surface area (Å²) in [5.41, 5.74) is 0.242. The Labute approximate surface area is 124 Å². The van der Waals surface area contributed by atoms with Crippen molar-refractivity contribution in [1.29, 1.82) is 0 Å². The summed E-state index contributed by atoms with van der Waals surface area (Å²) in [5, 5.41) is 9.04. The van der Waals surface area contributed by atoms with E-state index in [-0.39, 0.29) is 5.56 Å². The second-order valence-electron chi connectivity index (χ2n) is 5.23. The summed E-state index contributed by atoms with van der Waals surface area (Å²) >= 11 is 2.00. The molecule has 0 atom stereocenters. The van der Waals surface area contributed by atoms with Gasteiger partial charge in [-0.1, -0.05) is 25.0 Å². The molecule has 0 saturated heterocycles. The Kier molecular flexibility index (Phi) is 6.25. The van der Waals surface area contributed by atoms with Crippen LogP contribution in [-0.2, 0) is 0 Å². The Hall–Kier alpha value is -1.16. The lowest BCUT2D eigenvalue weighted by molar-refractivity contribution is 0.0692. The van der Waals surface area contributed by atoms with Gasteiger partial charge in [0.15, 0.2) is 0 Å². The highest BCUT2D eigenvalue weighted by Crippen LogP contribution is 2.28. The van der Waals surface area contributed by atoms with Gasteiger partial charge in [-0.3, -0.25) is 0 Å². The fraction of sp³-hybridized carbons (Fsp3) is 0.562. The Balaban J connectivity index is 1.62. The van der Waals surface area contributed by atoms with E-state index in [0.717, 1.165) is 18.1 Å². The molecule has 1 aromatic carbocycles. The van der Waals surface area contributed by atoms with Crippen LogP contribution in [-0.4, -0.2) is 29.2 Å². The number of thioether (sulfide) groups is 1. The molecule has 3 nitrogen and oxygen atoms in total. The van der Waals surface area contributed by atoms with Crippen molar-refractivity contribution in [3.8, 4) is 5.75 Å². The van der Waals surface area contributed by atoms with Gasteiger partial charge in [0, 0.05) is 0 Å². The van der Waals surface area contributed by atoms with Gasteiger partial charge in [0.25, 0.3) is 0 Å². The Morgan fingerprint density at radius 2 is 2.05 bits per heavy atom. The number of carboxylic acids is 1. The maximum absolute atomic E-state index is 11.0. The monoisotopic (exact) mass is 294 g/mol. The average molecular weight is 294 g/mol. The van der Waals surface area contributed by atoms with Crippen LogP contribution >= 0.6 is 11.8 Å². The van der Waals surface area contributed by atoms with E-state index in [1.54, 1.807) is 24.3 Å². The van der Waals surface area contributed by atoms with E-state index in [9.17, 15) is 4.79 Å². The molecule has 110 valence electrons. The highest BCUT2D eigenvalue weighted by atomic mass is 32.2. The van der Waals surface area contributed by atoms with Gasteiger partial charge in [-0.05, 0) is 48.8 Å². The van der Waals surface area contributed by atoms with Crippen molar-refractivity contribution in [3.63, 3.8) is 0 Å². The molecule has 0 spiro atoms. The minimum atomic E-state index is -0.934. The number of carboxylic acid groups (broad SMARTS) is 1. The summed E-state index contributed by atoms with van der Waals surface area (Å²) < 4.78 is 5.58. The zero-order valence-corrected chi connectivity index (χ0v) is 12.5. The third-order valence-corrected chi connectivity index (χ3v) is 4.92. The second-order valence-corrected chi connectivity index (χ2v) is 6.38. The number of hydrogen-bond acceptors (Lipinski definition) is 3. The number of para-hydroxylation sites is 1. The maximum atomic E-state index is 11.0. The van der Waals surface area contributed by atoms with Gasteiger partial charge in [0.1, 0.15) is 11.3 Å². The maximum Gasteiger partial charge on any atom is 0.339 e. The van der Waals surface area contributed by atoms with Crippen LogP contribution in [0.25, 0.3) is 0 Å². The zero-order chi connectivity index (χ0) is 14.2. The normalized spacial score (nSPS) is 15.4. The quantitative estimate of drug-likeness (QED) is 0.734. The number of carbonyl (C=O) groups is 1. The van der Waals surface area contributed by atoms with E-state index in [4.69, 9.17) is 9.84 Å². The lowest BCUT2D eigenvalue weighted by Crippen LogP contribution is -2.05. The summed E-state index contributed by atoms with van der Waals surface area (Å²) in [6.45, 7) is 0.585. The van der Waals surface area contributed by atoms with Crippen LogP contribution in [0.1, 0.15) is 42.5 Å². The standard InChI is InChI=1S/C16H22O3S/c17-16(18)14-8-3-4-9-15(14)19-10-5-11-20-12-13-6-1-2-7-13/h3-4,8-9,13H,1-2,5-7,10-12H2,(H,17,18). The van der Waals surface area contributed by atoms with E-state index in [2.05, 4.69) is 0 Å². The van der Waals surface area contributed by atoms with Crippen LogP contribution in [0.5, 0.6) is 5.75 Å². The molecule has 1 saturated carbocycles. The van der Waals surface area contributed by atoms with Crippen molar-refractivity contribution in [2.24, 2.45) is 5.92 Å². The van der Waals surface area contributed by atoms with Crippen molar-refractivity contribution in [2.75, 3.05) is 18.1 Å². The topological polar surface area (TPSA) is 46.5 Å². The molecule has 1 aliphatic carbocycles. The van der Waals surface area contributed by atoms with E-state index in [0.29, 0.717) is 12.4 Å². The summed E-state index contributed by atoms with van der Waals surface area (Å²) in [6, 6.07) is 6.81. The van der Waals surface area contributed by atoms with Gasteiger partial charge < -0.3 is 9.84 Å². The highest BCUT2D eigenvalue weighted by Gasteiger charge is 2.14. The molecule has 1 N–H and O–H groups in total. The first-order chi connectivity index (χ1) is 9.77. The number of benzene rings is 1. The van der Waals surface area contributed by atoms with Gasteiger partial charge in [-0.25, -0.2) is 4.79 Å². The van der Waals surface area contributed by atoms with E-state index < -0.39 is 5.97 Å². The Morgan fingerprint density at radius 3 is 2.80 bits per heavy atom. The molecular formula is C16H22O3S. The molecule has 0 aromatic heterocycles. The van der Waals surface area contributed by atoms with Crippen molar-refractivity contribution in [2.45, 2.75) is 32.1 Å². The van der Waals surface area contributed by atoms with Crippen LogP contribution in [0.15, 0.2) is 24.3 Å². The molecule has 1 aliphatic rings. The fourth-order valence-corrected chi connectivity index (χ4v) is 3.69. The lowest BCUT2D eigenvalue weighted by atomic mass is 10.1. The van der Waals surface area contributed by atoms with Gasteiger partial charge in [-0.15, -0.1) is 0 Å². The molecule has 2 rings (SSSR count). The summed E-state index contributed by atoms with van der Waals surface area (Å²) in [4.78, 5) is 11.0. The zero-order valence-electron chi connectivity index (χ0n) is 11.7. The first-order valence-corrected chi connectivity index (χ1v) is 8.45. The molecule has 0 bridgehead atoms. The van der Waals surface area contributed by atoms with Gasteiger partial charge >= 0.3 is 5.97 Å². The minimum absolute atomic E-state index is 0.242. The van der Waals surface area contributed by atoms with Gasteiger partial charge in [0.2, 0.25) is 0 Å². The fourth-order valence-electron chi connectivity index (χ4n) is 2.54. The van der Waals surface area contributed by atoms with Gasteiger partial charge in [-0.2, -0.15) is 11.8 Å². The van der Waals surface area contributed by atoms with Gasteiger partial charge in [0.05, 0.1) is 6.61 Å². The number of hydrogen-bond donors (Lipinski definition) is 1. The van der Waals surface area contributed by atoms with Crippen LogP contribution in [0.2, 0.25) is 0 Å². The second kappa shape index (κ2) is 8.20. The largest absolute Gasteiger partial charge is 0.493 e. The van der Waals surface area contributed by atoms with Crippen molar-refractivity contribution < 1.29 is 14.6 Å². The lowest BCUT2D eigenvalue weighted by Gasteiger charge is -2.10. The molecule has 0 heterocycles. The minimum Gasteiger partial charge on any atom is -0.493 e. The van der Waals surface area contributed by atoms with Crippen molar-refractivity contribution >= 4 is 17.7 Å². The smallest absolute Gasteiger partial charge is 0.339 e. The predicted octanol–water partition coefficient (Wildman–Crippen LogP) is 4.08. The number of ether oxygens (including phenoxy) is 1. The van der Waals surface area contributed by atoms with E-state index >= 15 is 0 Å². The van der Waals surface area contributed by atoms with Crippen molar-refractivity contribution in [1.82, 2.24) is 0 Å². The average Bonchev–Trinajstić information content (AvgIpc) is 2.96. The van der Waals surface area contributed by atoms with Crippen molar-refractivity contribution in [3.05, 3.63) is 29.8 Å². The molecule has 20 heavy (non-hydrogen) atoms. The summed E-state index contributed by atoms with van der Waals surface area (Å²) in [5.74, 6) is 2.82. The number of aromatic carboxylic acids is 1. The first-order valence-electron chi connectivity index (χ1n) is 7.30. The van der Waals surface area contributed by atoms with Crippen LogP contribution in [0.3, 0.4) is 0 Å². The highest BCUT2D eigenvalue weighted by molar-refractivity contribution is 7.99. The third-order valence-electron chi connectivity index (χ3n) is 3.64. The Morgan fingerprint density at radius 1 is 1.30 bits per heavy atom. The molecule has 0 unspecified atom stereocenters. The SMILES string of the molecule is O=C(O)c1ccccc1OCCCSCC1CCCC1. The molecule has 0 aliphatic heterocycles. The van der Waals surface area contributed by atoms with E-state index in [1.807, 2.05) is 11.8 Å². The van der Waals surface area contributed by atoms with Crippen LogP contribution in [0.4, 0.5) is 0 Å². The third kappa shape index (κ3) is 4.75. The molecule has 0 amide bonds. The summed E-state index contributed by atoms with van der Waals surface area (Å²) in [7, 11) is 0. The predicted molar refractivity (Wildman–Crippen MR) is 82.8 cm³/mol. The molecular weight excluding hydrogens is 272 g/mol. The first kappa shape index (κ1) is 15.2. The molecule has 1 aromatic rings. The summed E-state index contributed by atoms with van der Waals surface area (Å²) in [6.07, 6.45) is 6.57. The molecule has 4 heteroatoms. The van der Waals surface area contributed by atoms with Crippen LogP contribution < -0.4 is 4.74 Å². The number of rotatable bonds is 8. The van der Waals surface area contributed by atoms with E-state index in [1.165, 1.54) is 31.4 Å².